The molecule has 0 saturated heterocycles. The second-order valence-corrected chi connectivity index (χ2v) is 6.52. The minimum Gasteiger partial charge on any atom is -0.478 e. The van der Waals surface area contributed by atoms with Crippen LogP contribution in [0, 0.1) is 5.82 Å². The van der Waals surface area contributed by atoms with Crippen LogP contribution in [0.2, 0.25) is 0 Å². The molecule has 4 N–H and O–H groups in total. The number of carboxylic acids is 1. The number of benzene rings is 2. The molecule has 0 atom stereocenters. The maximum Gasteiger partial charge on any atom is 0.338 e. The van der Waals surface area contributed by atoms with Crippen LogP contribution in [-0.4, -0.2) is 21.0 Å². The first-order valence-electron chi connectivity index (χ1n) is 10.9. The van der Waals surface area contributed by atoms with Gasteiger partial charge in [0.15, 0.2) is 0 Å². The van der Waals surface area contributed by atoms with Crippen LogP contribution < -0.4 is 11.1 Å². The van der Waals surface area contributed by atoms with E-state index in [2.05, 4.69) is 15.3 Å². The fourth-order valence-corrected chi connectivity index (χ4v) is 3.04. The molecule has 0 spiro atoms. The number of fused-ring (bicyclic) bond motifs is 1. The summed E-state index contributed by atoms with van der Waals surface area (Å²) in [5, 5.41) is 13.2. The standard InChI is InChI=1S/C22H17FN4O2.2C2H6/c23-17-11-15(4-5-16(17)22(28)29)20-8-6-18(24)21(27-20)26-12-13-3-7-19-14(10-13)2-1-9-25-19;2*1-2/h1-11H,12,24H2,(H,26,27)(H,28,29);2*1-2H3. The van der Waals surface area contributed by atoms with Crippen molar-refractivity contribution >= 4 is 28.4 Å². The monoisotopic (exact) mass is 448 g/mol. The van der Waals surface area contributed by atoms with E-state index in [1.165, 1.54) is 12.1 Å². The van der Waals surface area contributed by atoms with Gasteiger partial charge in [0.05, 0.1) is 22.5 Å². The summed E-state index contributed by atoms with van der Waals surface area (Å²) in [5.41, 5.74) is 9.01. The van der Waals surface area contributed by atoms with Crippen molar-refractivity contribution in [1.82, 2.24) is 9.97 Å². The van der Waals surface area contributed by atoms with Crippen LogP contribution in [0.1, 0.15) is 43.6 Å². The molecule has 2 aromatic heterocycles. The third kappa shape index (κ3) is 6.26. The highest BCUT2D eigenvalue weighted by molar-refractivity contribution is 5.88. The van der Waals surface area contributed by atoms with Crippen LogP contribution in [0.5, 0.6) is 0 Å². The van der Waals surface area contributed by atoms with E-state index >= 15 is 0 Å². The number of nitrogens with zero attached hydrogens (tertiary/aromatic N) is 2. The first-order valence-corrected chi connectivity index (χ1v) is 10.9. The number of nitrogen functional groups attached to an aromatic ring is 1. The first kappa shape index (κ1) is 25.3. The Labute approximate surface area is 193 Å². The molecule has 6 nitrogen and oxygen atoms in total. The van der Waals surface area contributed by atoms with Gasteiger partial charge >= 0.3 is 5.97 Å². The van der Waals surface area contributed by atoms with Crippen molar-refractivity contribution in [3.63, 3.8) is 0 Å². The molecule has 0 bridgehead atoms. The number of nitrogens with two attached hydrogens (primary N) is 1. The van der Waals surface area contributed by atoms with Gasteiger partial charge < -0.3 is 16.2 Å². The van der Waals surface area contributed by atoms with Gasteiger partial charge in [-0.1, -0.05) is 45.9 Å². The topological polar surface area (TPSA) is 101 Å². The van der Waals surface area contributed by atoms with Crippen molar-refractivity contribution in [3.05, 3.63) is 83.8 Å². The molecule has 0 unspecified atom stereocenters. The Morgan fingerprint density at radius 2 is 1.79 bits per heavy atom. The second-order valence-electron chi connectivity index (χ2n) is 6.52. The minimum absolute atomic E-state index is 0.381. The van der Waals surface area contributed by atoms with E-state index in [1.54, 1.807) is 18.3 Å². The quantitative estimate of drug-likeness (QED) is 0.327. The average Bonchev–Trinajstić information content (AvgIpc) is 2.85. The number of halogens is 1. The van der Waals surface area contributed by atoms with Crippen molar-refractivity contribution in [3.8, 4) is 11.3 Å². The van der Waals surface area contributed by atoms with Crippen molar-refractivity contribution in [1.29, 1.82) is 0 Å². The molecule has 0 aliphatic heterocycles. The minimum atomic E-state index is -1.31. The van der Waals surface area contributed by atoms with Crippen LogP contribution in [0.4, 0.5) is 15.9 Å². The van der Waals surface area contributed by atoms with Crippen LogP contribution in [-0.2, 0) is 6.54 Å². The molecular weight excluding hydrogens is 419 g/mol. The number of hydrogen-bond donors (Lipinski definition) is 3. The Kier molecular flexibility index (Phi) is 9.30. The van der Waals surface area contributed by atoms with Gasteiger partial charge in [-0.3, -0.25) is 4.98 Å². The third-order valence-electron chi connectivity index (χ3n) is 4.55. The van der Waals surface area contributed by atoms with Crippen molar-refractivity contribution in [2.24, 2.45) is 0 Å². The highest BCUT2D eigenvalue weighted by Gasteiger charge is 2.12. The zero-order valence-electron chi connectivity index (χ0n) is 19.3. The van der Waals surface area contributed by atoms with Crippen LogP contribution in [0.15, 0.2) is 66.9 Å². The summed E-state index contributed by atoms with van der Waals surface area (Å²) in [5.74, 6) is -1.66. The number of rotatable bonds is 5. The van der Waals surface area contributed by atoms with Crippen molar-refractivity contribution in [2.45, 2.75) is 34.2 Å². The SMILES string of the molecule is CC.CC.Nc1ccc(-c2ccc(C(=O)O)c(F)c2)nc1NCc1ccc2ncccc2c1. The molecule has 0 fully saturated rings. The van der Waals surface area contributed by atoms with E-state index in [4.69, 9.17) is 10.8 Å². The Bertz CT molecular complexity index is 1230. The summed E-state index contributed by atoms with van der Waals surface area (Å²) in [6.45, 7) is 8.50. The predicted molar refractivity (Wildman–Crippen MR) is 133 cm³/mol. The lowest BCUT2D eigenvalue weighted by molar-refractivity contribution is 0.0692. The molecule has 172 valence electrons. The molecule has 0 aliphatic carbocycles. The fourth-order valence-electron chi connectivity index (χ4n) is 3.04. The second kappa shape index (κ2) is 12.1. The number of pyridine rings is 2. The van der Waals surface area contributed by atoms with Crippen LogP contribution in [0.25, 0.3) is 22.2 Å². The summed E-state index contributed by atoms with van der Waals surface area (Å²) in [4.78, 5) is 19.8. The van der Waals surface area contributed by atoms with Gasteiger partial charge in [-0.05, 0) is 48.0 Å². The number of carboxylic acid groups (broad SMARTS) is 1. The molecule has 2 heterocycles. The van der Waals surface area contributed by atoms with Gasteiger partial charge in [0.1, 0.15) is 11.6 Å². The Morgan fingerprint density at radius 1 is 1.03 bits per heavy atom. The molecule has 2 aromatic carbocycles. The zero-order valence-corrected chi connectivity index (χ0v) is 19.3. The molecule has 4 aromatic rings. The molecular formula is C26H29FN4O2. The summed E-state index contributed by atoms with van der Waals surface area (Å²) in [6, 6.07) is 17.1. The molecule has 0 aliphatic rings. The number of hydrogen-bond acceptors (Lipinski definition) is 5. The van der Waals surface area contributed by atoms with Crippen LogP contribution in [0.3, 0.4) is 0 Å². The van der Waals surface area contributed by atoms with Crippen LogP contribution >= 0.6 is 0 Å². The summed E-state index contributed by atoms with van der Waals surface area (Å²) < 4.78 is 14.0. The lowest BCUT2D eigenvalue weighted by Gasteiger charge is -2.11. The molecule has 0 amide bonds. The number of aromatic nitrogens is 2. The Morgan fingerprint density at radius 3 is 2.48 bits per heavy atom. The molecule has 0 saturated carbocycles. The fraction of sp³-hybridized carbons (Fsp3) is 0.192. The Hall–Kier alpha value is -4.00. The Balaban J connectivity index is 0.000000914. The van der Waals surface area contributed by atoms with Gasteiger partial charge in [-0.2, -0.15) is 0 Å². The van der Waals surface area contributed by atoms with Gasteiger partial charge in [-0.15, -0.1) is 0 Å². The van der Waals surface area contributed by atoms with E-state index in [0.717, 1.165) is 22.5 Å². The van der Waals surface area contributed by atoms with Gasteiger partial charge in [-0.25, -0.2) is 14.2 Å². The first-order chi connectivity index (χ1) is 16.0. The zero-order chi connectivity index (χ0) is 24.4. The summed E-state index contributed by atoms with van der Waals surface area (Å²) >= 11 is 0. The lowest BCUT2D eigenvalue weighted by atomic mass is 10.1. The summed E-state index contributed by atoms with van der Waals surface area (Å²) in [7, 11) is 0. The van der Waals surface area contributed by atoms with Gasteiger partial charge in [0.25, 0.3) is 0 Å². The molecule has 33 heavy (non-hydrogen) atoms. The molecule has 4 rings (SSSR count). The van der Waals surface area contributed by atoms with E-state index in [0.29, 0.717) is 29.3 Å². The predicted octanol–water partition coefficient (Wildman–Crippen LogP) is 6.38. The maximum absolute atomic E-state index is 14.0. The lowest BCUT2D eigenvalue weighted by Crippen LogP contribution is -2.05. The normalized spacial score (nSPS) is 9.85. The van der Waals surface area contributed by atoms with Crippen molar-refractivity contribution in [2.75, 3.05) is 11.1 Å². The van der Waals surface area contributed by atoms with E-state index in [9.17, 15) is 9.18 Å². The number of aromatic carboxylic acids is 1. The smallest absolute Gasteiger partial charge is 0.338 e. The third-order valence-corrected chi connectivity index (χ3v) is 4.55. The molecule has 7 heteroatoms. The highest BCUT2D eigenvalue weighted by atomic mass is 19.1. The van der Waals surface area contributed by atoms with E-state index < -0.39 is 11.8 Å². The van der Waals surface area contributed by atoms with E-state index in [-0.39, 0.29) is 5.56 Å². The number of anilines is 2. The van der Waals surface area contributed by atoms with Gasteiger partial charge in [0.2, 0.25) is 0 Å². The largest absolute Gasteiger partial charge is 0.478 e. The highest BCUT2D eigenvalue weighted by Crippen LogP contribution is 2.25. The maximum atomic E-state index is 14.0. The average molecular weight is 449 g/mol. The number of nitrogens with one attached hydrogen (secondary N) is 1. The van der Waals surface area contributed by atoms with E-state index in [1.807, 2.05) is 58.0 Å². The summed E-state index contributed by atoms with van der Waals surface area (Å²) in [6.07, 6.45) is 1.75. The van der Waals surface area contributed by atoms with Gasteiger partial charge in [0, 0.05) is 23.7 Å². The molecule has 0 radical (unpaired) electrons. The van der Waals surface area contributed by atoms with Crippen molar-refractivity contribution < 1.29 is 14.3 Å². The number of carbonyl (C=O) groups is 1.